The van der Waals surface area contributed by atoms with Crippen molar-refractivity contribution in [2.45, 2.75) is 36.8 Å². The SMILES string of the molecule is CCCC(=O)Nc1ccc(SC(C)C(=O)Nc2nc3ccc(OC)cc3s2)cc1. The Kier molecular flexibility index (Phi) is 7.11. The van der Waals surface area contributed by atoms with Gasteiger partial charge in [0.15, 0.2) is 5.13 Å². The molecule has 1 unspecified atom stereocenters. The van der Waals surface area contributed by atoms with Crippen LogP contribution in [0.5, 0.6) is 5.75 Å². The van der Waals surface area contributed by atoms with Gasteiger partial charge in [0.05, 0.1) is 22.6 Å². The molecule has 3 aromatic rings. The summed E-state index contributed by atoms with van der Waals surface area (Å²) in [6, 6.07) is 13.1. The zero-order valence-electron chi connectivity index (χ0n) is 16.5. The van der Waals surface area contributed by atoms with Gasteiger partial charge in [-0.1, -0.05) is 18.3 Å². The first-order valence-corrected chi connectivity index (χ1v) is 11.0. The summed E-state index contributed by atoms with van der Waals surface area (Å²) in [6.45, 7) is 3.82. The molecular weight excluding hydrogens is 406 g/mol. The first-order chi connectivity index (χ1) is 14.0. The lowest BCUT2D eigenvalue weighted by Gasteiger charge is -2.11. The molecule has 29 heavy (non-hydrogen) atoms. The second kappa shape index (κ2) is 9.76. The second-order valence-corrected chi connectivity index (χ2v) is 8.87. The van der Waals surface area contributed by atoms with E-state index in [9.17, 15) is 9.59 Å². The minimum atomic E-state index is -0.294. The molecule has 152 valence electrons. The van der Waals surface area contributed by atoms with E-state index in [1.807, 2.05) is 56.3 Å². The molecule has 0 aliphatic heterocycles. The smallest absolute Gasteiger partial charge is 0.239 e. The number of benzene rings is 2. The van der Waals surface area contributed by atoms with E-state index in [2.05, 4.69) is 15.6 Å². The lowest BCUT2D eigenvalue weighted by molar-refractivity contribution is -0.116. The third-order valence-corrected chi connectivity index (χ3v) is 6.17. The van der Waals surface area contributed by atoms with Crippen molar-refractivity contribution in [2.24, 2.45) is 0 Å². The van der Waals surface area contributed by atoms with Gasteiger partial charge < -0.3 is 15.4 Å². The molecule has 2 aromatic carbocycles. The molecule has 3 rings (SSSR count). The van der Waals surface area contributed by atoms with Gasteiger partial charge >= 0.3 is 0 Å². The maximum absolute atomic E-state index is 12.6. The van der Waals surface area contributed by atoms with Crippen molar-refractivity contribution >= 4 is 55.9 Å². The average molecular weight is 430 g/mol. The van der Waals surface area contributed by atoms with E-state index in [1.54, 1.807) is 7.11 Å². The van der Waals surface area contributed by atoms with E-state index in [0.717, 1.165) is 33.0 Å². The Labute approximate surface area is 178 Å². The highest BCUT2D eigenvalue weighted by Gasteiger charge is 2.17. The summed E-state index contributed by atoms with van der Waals surface area (Å²) < 4.78 is 6.18. The number of nitrogens with zero attached hydrogens (tertiary/aromatic N) is 1. The molecule has 1 aromatic heterocycles. The zero-order chi connectivity index (χ0) is 20.8. The van der Waals surface area contributed by atoms with Crippen LogP contribution < -0.4 is 15.4 Å². The van der Waals surface area contributed by atoms with Crippen LogP contribution in [-0.4, -0.2) is 29.2 Å². The van der Waals surface area contributed by atoms with Crippen molar-refractivity contribution < 1.29 is 14.3 Å². The third kappa shape index (κ3) is 5.71. The predicted molar refractivity (Wildman–Crippen MR) is 120 cm³/mol. The fourth-order valence-corrected chi connectivity index (χ4v) is 4.38. The van der Waals surface area contributed by atoms with Gasteiger partial charge in [-0.2, -0.15) is 0 Å². The highest BCUT2D eigenvalue weighted by Crippen LogP contribution is 2.30. The van der Waals surface area contributed by atoms with Crippen molar-refractivity contribution in [2.75, 3.05) is 17.7 Å². The largest absolute Gasteiger partial charge is 0.497 e. The number of carbonyl (C=O) groups is 2. The zero-order valence-corrected chi connectivity index (χ0v) is 18.2. The highest BCUT2D eigenvalue weighted by atomic mass is 32.2. The number of amides is 2. The number of thiazole rings is 1. The molecule has 0 fully saturated rings. The third-order valence-electron chi connectivity index (χ3n) is 4.12. The molecule has 0 spiro atoms. The van der Waals surface area contributed by atoms with Crippen molar-refractivity contribution in [3.63, 3.8) is 0 Å². The number of methoxy groups -OCH3 is 1. The van der Waals surface area contributed by atoms with Crippen molar-refractivity contribution in [3.05, 3.63) is 42.5 Å². The summed E-state index contributed by atoms with van der Waals surface area (Å²) in [6.07, 6.45) is 1.32. The fraction of sp³-hybridized carbons (Fsp3) is 0.286. The summed E-state index contributed by atoms with van der Waals surface area (Å²) in [5.74, 6) is 0.660. The number of carbonyl (C=O) groups excluding carboxylic acids is 2. The molecule has 0 aliphatic carbocycles. The van der Waals surface area contributed by atoms with Crippen LogP contribution in [0, 0.1) is 0 Å². The summed E-state index contributed by atoms with van der Waals surface area (Å²) >= 11 is 2.87. The van der Waals surface area contributed by atoms with Crippen LogP contribution >= 0.6 is 23.1 Å². The van der Waals surface area contributed by atoms with Crippen LogP contribution in [0.4, 0.5) is 10.8 Å². The molecule has 0 radical (unpaired) electrons. The molecule has 0 saturated carbocycles. The van der Waals surface area contributed by atoms with Gasteiger partial charge in [-0.15, -0.1) is 11.8 Å². The maximum Gasteiger partial charge on any atom is 0.239 e. The number of fused-ring (bicyclic) bond motifs is 1. The first-order valence-electron chi connectivity index (χ1n) is 9.30. The molecule has 6 nitrogen and oxygen atoms in total. The molecule has 2 amide bonds. The predicted octanol–water partition coefficient (Wildman–Crippen LogP) is 5.16. The van der Waals surface area contributed by atoms with E-state index in [4.69, 9.17) is 4.74 Å². The van der Waals surface area contributed by atoms with E-state index in [1.165, 1.54) is 23.1 Å². The number of ether oxygens (including phenoxy) is 1. The topological polar surface area (TPSA) is 80.3 Å². The van der Waals surface area contributed by atoms with Gasteiger partial charge in [-0.3, -0.25) is 9.59 Å². The highest BCUT2D eigenvalue weighted by molar-refractivity contribution is 8.00. The standard InChI is InChI=1S/C21H23N3O3S2/c1-4-5-19(25)22-14-6-9-16(10-7-14)28-13(2)20(26)24-21-23-17-11-8-15(27-3)12-18(17)29-21/h6-13H,4-5H2,1-3H3,(H,22,25)(H,23,24,26). The normalized spacial score (nSPS) is 11.8. The maximum atomic E-state index is 12.6. The molecule has 1 heterocycles. The Balaban J connectivity index is 1.58. The molecule has 0 aliphatic rings. The minimum Gasteiger partial charge on any atom is -0.497 e. The van der Waals surface area contributed by atoms with Gasteiger partial charge in [0.2, 0.25) is 11.8 Å². The van der Waals surface area contributed by atoms with E-state index in [-0.39, 0.29) is 17.1 Å². The van der Waals surface area contributed by atoms with Gasteiger partial charge in [-0.05, 0) is 55.8 Å². The van der Waals surface area contributed by atoms with Gasteiger partial charge in [0, 0.05) is 17.0 Å². The first kappa shape index (κ1) is 21.1. The van der Waals surface area contributed by atoms with Crippen molar-refractivity contribution in [1.82, 2.24) is 4.98 Å². The quantitative estimate of drug-likeness (QED) is 0.483. The number of anilines is 2. The Hall–Kier alpha value is -2.58. The monoisotopic (exact) mass is 429 g/mol. The Morgan fingerprint density at radius 2 is 1.93 bits per heavy atom. The van der Waals surface area contributed by atoms with Crippen LogP contribution in [0.2, 0.25) is 0 Å². The summed E-state index contributed by atoms with van der Waals surface area (Å²) in [4.78, 5) is 29.6. The van der Waals surface area contributed by atoms with Crippen LogP contribution in [-0.2, 0) is 9.59 Å². The number of aromatic nitrogens is 1. The lowest BCUT2D eigenvalue weighted by atomic mass is 10.3. The molecule has 1 atom stereocenters. The Morgan fingerprint density at radius 3 is 2.62 bits per heavy atom. The number of hydrogen-bond acceptors (Lipinski definition) is 6. The van der Waals surface area contributed by atoms with Gasteiger partial charge in [0.1, 0.15) is 5.75 Å². The number of hydrogen-bond donors (Lipinski definition) is 2. The summed E-state index contributed by atoms with van der Waals surface area (Å²) in [5.41, 5.74) is 1.59. The number of thioether (sulfide) groups is 1. The lowest BCUT2D eigenvalue weighted by Crippen LogP contribution is -2.22. The molecule has 8 heteroatoms. The van der Waals surface area contributed by atoms with E-state index >= 15 is 0 Å². The summed E-state index contributed by atoms with van der Waals surface area (Å²) in [5, 5.41) is 6.02. The summed E-state index contributed by atoms with van der Waals surface area (Å²) in [7, 11) is 1.62. The van der Waals surface area contributed by atoms with Crippen molar-refractivity contribution in [3.8, 4) is 5.75 Å². The minimum absolute atomic E-state index is 0.00843. The fourth-order valence-electron chi connectivity index (χ4n) is 2.62. The van der Waals surface area contributed by atoms with Gasteiger partial charge in [-0.25, -0.2) is 4.98 Å². The molecule has 0 saturated heterocycles. The van der Waals surface area contributed by atoms with E-state index in [0.29, 0.717) is 11.6 Å². The number of rotatable bonds is 8. The Morgan fingerprint density at radius 1 is 1.17 bits per heavy atom. The average Bonchev–Trinajstić information content (AvgIpc) is 3.10. The van der Waals surface area contributed by atoms with Crippen molar-refractivity contribution in [1.29, 1.82) is 0 Å². The second-order valence-electron chi connectivity index (χ2n) is 6.42. The van der Waals surface area contributed by atoms with Crippen LogP contribution in [0.15, 0.2) is 47.4 Å². The van der Waals surface area contributed by atoms with Crippen LogP contribution in [0.3, 0.4) is 0 Å². The molecule has 2 N–H and O–H groups in total. The van der Waals surface area contributed by atoms with Crippen LogP contribution in [0.25, 0.3) is 10.2 Å². The van der Waals surface area contributed by atoms with Gasteiger partial charge in [0.25, 0.3) is 0 Å². The van der Waals surface area contributed by atoms with Crippen LogP contribution in [0.1, 0.15) is 26.7 Å². The van der Waals surface area contributed by atoms with E-state index < -0.39 is 0 Å². The Bertz CT molecular complexity index is 1000. The number of nitrogens with one attached hydrogen (secondary N) is 2. The molecular formula is C21H23N3O3S2. The molecule has 0 bridgehead atoms.